The number of nitrogens with zero attached hydrogens (tertiary/aromatic N) is 1. The Morgan fingerprint density at radius 2 is 1.64 bits per heavy atom. The van der Waals surface area contributed by atoms with Crippen molar-refractivity contribution in [3.8, 4) is 11.5 Å². The molecule has 1 fully saturated rings. The summed E-state index contributed by atoms with van der Waals surface area (Å²) in [4.78, 5) is 0.330. The zero-order valence-electron chi connectivity index (χ0n) is 17.8. The molecule has 2 aromatic carbocycles. The normalized spacial score (nSPS) is 22.6. The minimum Gasteiger partial charge on any atom is -0.440 e. The lowest BCUT2D eigenvalue weighted by molar-refractivity contribution is -0.0525. The number of benzene rings is 2. The number of halogens is 4. The van der Waals surface area contributed by atoms with E-state index in [2.05, 4.69) is 4.31 Å². The molecule has 2 aliphatic heterocycles. The van der Waals surface area contributed by atoms with E-state index in [-0.39, 0.29) is 29.1 Å². The Hall–Kier alpha value is -2.71. The number of rotatable bonds is 4. The third-order valence-corrected chi connectivity index (χ3v) is 6.93. The van der Waals surface area contributed by atoms with Gasteiger partial charge < -0.3 is 9.47 Å². The molecule has 2 heterocycles. The zero-order chi connectivity index (χ0) is 23.2. The van der Waals surface area contributed by atoms with Crippen LogP contribution in [0.25, 0.3) is 0 Å². The Bertz CT molecular complexity index is 1200. The van der Waals surface area contributed by atoms with Crippen LogP contribution in [-0.2, 0) is 5.79 Å². The number of ether oxygens (including phenoxy) is 2. The number of aryl methyl sites for hydroxylation is 1. The summed E-state index contributed by atoms with van der Waals surface area (Å²) in [6, 6.07) is 7.00. The SMILES string of the molecule is Cc1ccc(C2(C3=CC=C(F)CC=C3F)Oc3cc(F)c(SN4CCCC4)cc3O2)c(F)c1. The fraction of sp³-hybridized carbons (Fsp3) is 0.280. The van der Waals surface area contributed by atoms with Crippen LogP contribution in [0.3, 0.4) is 0 Å². The Balaban J connectivity index is 1.62. The van der Waals surface area contributed by atoms with Crippen LogP contribution in [0, 0.1) is 18.6 Å². The van der Waals surface area contributed by atoms with Gasteiger partial charge in [-0.05, 0) is 67.6 Å². The highest BCUT2D eigenvalue weighted by atomic mass is 32.2. The van der Waals surface area contributed by atoms with Crippen LogP contribution < -0.4 is 9.47 Å². The van der Waals surface area contributed by atoms with E-state index in [4.69, 9.17) is 9.47 Å². The summed E-state index contributed by atoms with van der Waals surface area (Å²) in [6.45, 7) is 3.40. The molecule has 172 valence electrons. The first-order chi connectivity index (χ1) is 15.9. The van der Waals surface area contributed by atoms with Gasteiger partial charge in [-0.15, -0.1) is 0 Å². The van der Waals surface area contributed by atoms with Crippen LogP contribution in [0.5, 0.6) is 11.5 Å². The second kappa shape index (κ2) is 8.57. The smallest absolute Gasteiger partial charge is 0.311 e. The molecule has 1 aliphatic carbocycles. The molecule has 1 saturated heterocycles. The van der Waals surface area contributed by atoms with E-state index < -0.39 is 29.1 Å². The van der Waals surface area contributed by atoms with Gasteiger partial charge in [0.05, 0.1) is 16.0 Å². The second-order valence-corrected chi connectivity index (χ2v) is 9.35. The van der Waals surface area contributed by atoms with Crippen molar-refractivity contribution in [1.82, 2.24) is 4.31 Å². The second-order valence-electron chi connectivity index (χ2n) is 8.21. The lowest BCUT2D eigenvalue weighted by Gasteiger charge is -2.30. The van der Waals surface area contributed by atoms with E-state index in [9.17, 15) is 8.78 Å². The van der Waals surface area contributed by atoms with E-state index in [1.807, 2.05) is 0 Å². The summed E-state index contributed by atoms with van der Waals surface area (Å²) in [5, 5.41) is 0. The first kappa shape index (κ1) is 22.1. The van der Waals surface area contributed by atoms with E-state index in [1.165, 1.54) is 36.2 Å². The number of fused-ring (bicyclic) bond motifs is 1. The summed E-state index contributed by atoms with van der Waals surface area (Å²) >= 11 is 1.27. The van der Waals surface area contributed by atoms with Crippen molar-refractivity contribution in [3.63, 3.8) is 0 Å². The molecule has 0 radical (unpaired) electrons. The van der Waals surface area contributed by atoms with Crippen molar-refractivity contribution in [2.24, 2.45) is 0 Å². The number of hydrogen-bond acceptors (Lipinski definition) is 4. The first-order valence-corrected chi connectivity index (χ1v) is 11.5. The number of allylic oxidation sites excluding steroid dienone is 4. The molecular formula is C25H21F4NO2S. The van der Waals surface area contributed by atoms with Crippen LogP contribution in [0.1, 0.15) is 30.4 Å². The maximum Gasteiger partial charge on any atom is 0.311 e. The molecule has 33 heavy (non-hydrogen) atoms. The molecule has 0 amide bonds. The van der Waals surface area contributed by atoms with Gasteiger partial charge in [-0.1, -0.05) is 6.07 Å². The van der Waals surface area contributed by atoms with E-state index in [1.54, 1.807) is 13.0 Å². The third kappa shape index (κ3) is 4.06. The molecule has 0 spiro atoms. The summed E-state index contributed by atoms with van der Waals surface area (Å²) in [7, 11) is 0. The van der Waals surface area contributed by atoms with Gasteiger partial charge in [-0.3, -0.25) is 0 Å². The predicted molar refractivity (Wildman–Crippen MR) is 118 cm³/mol. The monoisotopic (exact) mass is 475 g/mol. The minimum atomic E-state index is -2.08. The van der Waals surface area contributed by atoms with Gasteiger partial charge in [0, 0.05) is 31.6 Å². The molecule has 0 bridgehead atoms. The molecule has 2 aromatic rings. The zero-order valence-corrected chi connectivity index (χ0v) is 18.7. The van der Waals surface area contributed by atoms with Gasteiger partial charge in [-0.2, -0.15) is 0 Å². The van der Waals surface area contributed by atoms with Crippen molar-refractivity contribution < 1.29 is 27.0 Å². The molecule has 1 atom stereocenters. The van der Waals surface area contributed by atoms with Crippen molar-refractivity contribution >= 4 is 11.9 Å². The lowest BCUT2D eigenvalue weighted by atomic mass is 9.94. The molecular weight excluding hydrogens is 454 g/mol. The molecule has 0 saturated carbocycles. The Morgan fingerprint density at radius 3 is 2.36 bits per heavy atom. The van der Waals surface area contributed by atoms with Crippen LogP contribution >= 0.6 is 11.9 Å². The Morgan fingerprint density at radius 1 is 0.909 bits per heavy atom. The van der Waals surface area contributed by atoms with Gasteiger partial charge in [0.25, 0.3) is 0 Å². The highest BCUT2D eigenvalue weighted by molar-refractivity contribution is 7.97. The fourth-order valence-corrected chi connectivity index (χ4v) is 5.16. The average Bonchev–Trinajstić information content (AvgIpc) is 3.36. The topological polar surface area (TPSA) is 21.7 Å². The fourth-order valence-electron chi connectivity index (χ4n) is 4.13. The van der Waals surface area contributed by atoms with Crippen LogP contribution in [0.4, 0.5) is 17.6 Å². The predicted octanol–water partition coefficient (Wildman–Crippen LogP) is 7.04. The van der Waals surface area contributed by atoms with Crippen molar-refractivity contribution in [3.05, 3.63) is 88.5 Å². The van der Waals surface area contributed by atoms with Crippen molar-refractivity contribution in [1.29, 1.82) is 0 Å². The van der Waals surface area contributed by atoms with Crippen LogP contribution in [-0.4, -0.2) is 17.4 Å². The molecule has 3 nitrogen and oxygen atoms in total. The van der Waals surface area contributed by atoms with Crippen molar-refractivity contribution in [2.75, 3.05) is 13.1 Å². The van der Waals surface area contributed by atoms with Gasteiger partial charge >= 0.3 is 5.79 Å². The van der Waals surface area contributed by atoms with Crippen molar-refractivity contribution in [2.45, 2.75) is 36.9 Å². The maximum atomic E-state index is 15.2. The molecule has 0 aromatic heterocycles. The van der Waals surface area contributed by atoms with Gasteiger partial charge in [0.1, 0.15) is 23.3 Å². The molecule has 5 rings (SSSR count). The van der Waals surface area contributed by atoms with Gasteiger partial charge in [0.15, 0.2) is 11.5 Å². The summed E-state index contributed by atoms with van der Waals surface area (Å²) in [5.74, 6) is -4.49. The quantitative estimate of drug-likeness (QED) is 0.349. The summed E-state index contributed by atoms with van der Waals surface area (Å²) in [6.07, 6.45) is 5.14. The van der Waals surface area contributed by atoms with E-state index in [0.717, 1.165) is 44.1 Å². The third-order valence-electron chi connectivity index (χ3n) is 5.80. The largest absolute Gasteiger partial charge is 0.440 e. The Kier molecular flexibility index (Phi) is 5.74. The van der Waals surface area contributed by atoms with Crippen LogP contribution in [0.2, 0.25) is 0 Å². The van der Waals surface area contributed by atoms with Gasteiger partial charge in [-0.25, -0.2) is 21.9 Å². The summed E-state index contributed by atoms with van der Waals surface area (Å²) in [5.41, 5.74) is 0.348. The standard InChI is InChI=1S/C25H21F4NO2S/c1-15-4-7-18(20(28)12-15)25(17-8-5-16(26)6-9-19(17)27)31-22-13-21(29)24(14-23(22)32-25)33-30-10-2-3-11-30/h4-5,7-9,12-14H,2-3,6,10-11H2,1H3. The average molecular weight is 476 g/mol. The molecule has 3 aliphatic rings. The van der Waals surface area contributed by atoms with E-state index in [0.29, 0.717) is 10.5 Å². The van der Waals surface area contributed by atoms with Gasteiger partial charge in [0.2, 0.25) is 0 Å². The highest BCUT2D eigenvalue weighted by Gasteiger charge is 2.51. The molecule has 0 N–H and O–H groups in total. The molecule has 1 unspecified atom stereocenters. The summed E-state index contributed by atoms with van der Waals surface area (Å²) < 4.78 is 73.2. The Labute approximate surface area is 193 Å². The minimum absolute atomic E-state index is 0.0145. The molecule has 8 heteroatoms. The highest BCUT2D eigenvalue weighted by Crippen LogP contribution is 2.52. The number of hydrogen-bond donors (Lipinski definition) is 0. The van der Waals surface area contributed by atoms with Crippen LogP contribution in [0.15, 0.2) is 70.7 Å². The maximum absolute atomic E-state index is 15.2. The van der Waals surface area contributed by atoms with E-state index >= 15 is 8.78 Å². The first-order valence-electron chi connectivity index (χ1n) is 10.7. The lowest BCUT2D eigenvalue weighted by Crippen LogP contribution is -2.39.